The molecular formula is C24H33N3O8S2. The Labute approximate surface area is 218 Å². The Morgan fingerprint density at radius 3 is 2.41 bits per heavy atom. The molecule has 37 heavy (non-hydrogen) atoms. The second-order valence-electron chi connectivity index (χ2n) is 9.16. The van der Waals surface area contributed by atoms with Crippen LogP contribution in [0.15, 0.2) is 47.4 Å². The monoisotopic (exact) mass is 555 g/mol. The highest BCUT2D eigenvalue weighted by atomic mass is 32.2. The van der Waals surface area contributed by atoms with Gasteiger partial charge >= 0.3 is 0 Å². The summed E-state index contributed by atoms with van der Waals surface area (Å²) >= 11 is 0. The van der Waals surface area contributed by atoms with Crippen LogP contribution in [0.1, 0.15) is 24.2 Å². The Balaban J connectivity index is 2.00. The van der Waals surface area contributed by atoms with Gasteiger partial charge in [-0.2, -0.15) is 0 Å². The Bertz CT molecular complexity index is 1330. The van der Waals surface area contributed by atoms with Gasteiger partial charge in [0.2, 0.25) is 10.0 Å². The highest BCUT2D eigenvalue weighted by molar-refractivity contribution is 7.92. The standard InChI is InChI=1S/C24H33N3O8S2/c1-16-13-27(17(2)15-28)24(29)21-12-18(25-37(32,33)20-9-7-19(34-4)8-10-20)6-11-22(21)35-23(16)14-26(3)36(5,30)31/h6-12,16-17,23,25,28H,13-15H2,1-5H3/t16-,17+,23-/m1/s1. The zero-order valence-corrected chi connectivity index (χ0v) is 23.0. The molecule has 0 unspecified atom stereocenters. The van der Waals surface area contributed by atoms with Crippen molar-refractivity contribution in [3.8, 4) is 11.5 Å². The summed E-state index contributed by atoms with van der Waals surface area (Å²) < 4.78 is 64.7. The van der Waals surface area contributed by atoms with Crippen molar-refractivity contribution in [1.29, 1.82) is 0 Å². The number of rotatable bonds is 9. The third-order valence-electron chi connectivity index (χ3n) is 6.29. The molecule has 0 saturated heterocycles. The zero-order chi connectivity index (χ0) is 27.5. The molecule has 1 amide bonds. The maximum absolute atomic E-state index is 13.5. The molecule has 3 atom stereocenters. The molecule has 1 heterocycles. The van der Waals surface area contributed by atoms with Crippen molar-refractivity contribution < 1.29 is 36.2 Å². The number of carbonyl (C=O) groups is 1. The lowest BCUT2D eigenvalue weighted by Crippen LogP contribution is -2.50. The fraction of sp³-hybridized carbons (Fsp3) is 0.458. The Kier molecular flexibility index (Phi) is 8.73. The number of nitrogens with one attached hydrogen (secondary N) is 1. The summed E-state index contributed by atoms with van der Waals surface area (Å²) in [6.07, 6.45) is 0.487. The Hall–Kier alpha value is -2.87. The van der Waals surface area contributed by atoms with Gasteiger partial charge in [-0.1, -0.05) is 6.92 Å². The van der Waals surface area contributed by atoms with E-state index in [4.69, 9.17) is 9.47 Å². The van der Waals surface area contributed by atoms with Crippen LogP contribution in [0.5, 0.6) is 11.5 Å². The number of hydrogen-bond donors (Lipinski definition) is 2. The number of aliphatic hydroxyl groups excluding tert-OH is 1. The first-order chi connectivity index (χ1) is 17.3. The van der Waals surface area contributed by atoms with Crippen LogP contribution in [0.2, 0.25) is 0 Å². The number of nitrogens with zero attached hydrogens (tertiary/aromatic N) is 2. The van der Waals surface area contributed by atoms with Crippen molar-refractivity contribution in [3.63, 3.8) is 0 Å². The van der Waals surface area contributed by atoms with E-state index in [1.807, 2.05) is 6.92 Å². The fourth-order valence-electron chi connectivity index (χ4n) is 3.86. The molecule has 2 N–H and O–H groups in total. The van der Waals surface area contributed by atoms with Gasteiger partial charge < -0.3 is 19.5 Å². The summed E-state index contributed by atoms with van der Waals surface area (Å²) in [6, 6.07) is 9.64. The predicted octanol–water partition coefficient (Wildman–Crippen LogP) is 1.61. The normalized spacial score (nSPS) is 19.4. The quantitative estimate of drug-likeness (QED) is 0.475. The first-order valence-corrected chi connectivity index (χ1v) is 14.9. The van der Waals surface area contributed by atoms with Gasteiger partial charge in [0.05, 0.1) is 43.0 Å². The molecule has 0 spiro atoms. The first-order valence-electron chi connectivity index (χ1n) is 11.6. The number of benzene rings is 2. The van der Waals surface area contributed by atoms with Crippen LogP contribution in [0, 0.1) is 5.92 Å². The third kappa shape index (κ3) is 6.72. The van der Waals surface area contributed by atoms with E-state index in [1.54, 1.807) is 6.92 Å². The number of anilines is 1. The van der Waals surface area contributed by atoms with Gasteiger partial charge in [0.1, 0.15) is 17.6 Å². The summed E-state index contributed by atoms with van der Waals surface area (Å²) in [5, 5.41) is 9.78. The minimum Gasteiger partial charge on any atom is -0.497 e. The maximum Gasteiger partial charge on any atom is 0.261 e. The van der Waals surface area contributed by atoms with Crippen molar-refractivity contribution in [1.82, 2.24) is 9.21 Å². The Morgan fingerprint density at radius 1 is 1.19 bits per heavy atom. The molecule has 2 aromatic rings. The topological polar surface area (TPSA) is 143 Å². The molecule has 1 aliphatic heterocycles. The number of aliphatic hydroxyl groups is 1. The fourth-order valence-corrected chi connectivity index (χ4v) is 5.33. The number of likely N-dealkylation sites (N-methyl/N-ethyl adjacent to an activating group) is 1. The summed E-state index contributed by atoms with van der Waals surface area (Å²) in [5.74, 6) is -0.0236. The predicted molar refractivity (Wildman–Crippen MR) is 139 cm³/mol. The summed E-state index contributed by atoms with van der Waals surface area (Å²) in [4.78, 5) is 15.0. The minimum atomic E-state index is -3.97. The number of fused-ring (bicyclic) bond motifs is 1. The number of methoxy groups -OCH3 is 1. The SMILES string of the molecule is COc1ccc(S(=O)(=O)Nc2ccc3c(c2)C(=O)N([C@@H](C)CO)C[C@@H](C)[C@@H](CN(C)S(C)(=O)=O)O3)cc1. The van der Waals surface area contributed by atoms with E-state index in [2.05, 4.69) is 4.72 Å². The molecule has 13 heteroatoms. The van der Waals surface area contributed by atoms with Gasteiger partial charge in [-0.3, -0.25) is 9.52 Å². The smallest absolute Gasteiger partial charge is 0.261 e. The highest BCUT2D eigenvalue weighted by Gasteiger charge is 2.34. The average Bonchev–Trinajstić information content (AvgIpc) is 2.85. The van der Waals surface area contributed by atoms with Gasteiger partial charge in [-0.15, -0.1) is 0 Å². The Morgan fingerprint density at radius 2 is 1.84 bits per heavy atom. The van der Waals surface area contributed by atoms with Crippen molar-refractivity contribution in [2.75, 3.05) is 44.8 Å². The number of sulfonamides is 2. The van der Waals surface area contributed by atoms with Gasteiger partial charge in [0, 0.05) is 25.2 Å². The van der Waals surface area contributed by atoms with Crippen LogP contribution >= 0.6 is 0 Å². The zero-order valence-electron chi connectivity index (χ0n) is 21.4. The lowest BCUT2D eigenvalue weighted by Gasteiger charge is -2.38. The second-order valence-corrected chi connectivity index (χ2v) is 12.9. The van der Waals surface area contributed by atoms with Crippen molar-refractivity contribution in [2.24, 2.45) is 5.92 Å². The van der Waals surface area contributed by atoms with E-state index in [0.29, 0.717) is 5.75 Å². The molecule has 0 fully saturated rings. The summed E-state index contributed by atoms with van der Waals surface area (Å²) in [6.45, 7) is 3.49. The van der Waals surface area contributed by atoms with Crippen molar-refractivity contribution in [2.45, 2.75) is 30.9 Å². The third-order valence-corrected chi connectivity index (χ3v) is 8.97. The van der Waals surface area contributed by atoms with Crippen LogP contribution in [0.3, 0.4) is 0 Å². The van der Waals surface area contributed by atoms with Crippen LogP contribution in [-0.2, 0) is 20.0 Å². The number of carbonyl (C=O) groups excluding carboxylic acids is 1. The molecule has 3 rings (SSSR count). The van der Waals surface area contributed by atoms with E-state index in [-0.39, 0.29) is 47.5 Å². The van der Waals surface area contributed by atoms with E-state index < -0.39 is 38.1 Å². The lowest BCUT2D eigenvalue weighted by atomic mass is 9.99. The molecule has 204 valence electrons. The van der Waals surface area contributed by atoms with E-state index in [0.717, 1.165) is 6.26 Å². The van der Waals surface area contributed by atoms with Crippen molar-refractivity contribution >= 4 is 31.6 Å². The van der Waals surface area contributed by atoms with Crippen LogP contribution in [0.4, 0.5) is 5.69 Å². The van der Waals surface area contributed by atoms with E-state index in [9.17, 15) is 26.7 Å². The first kappa shape index (κ1) is 28.7. The van der Waals surface area contributed by atoms with Crippen LogP contribution in [0.25, 0.3) is 0 Å². The van der Waals surface area contributed by atoms with E-state index >= 15 is 0 Å². The lowest BCUT2D eigenvalue weighted by molar-refractivity contribution is 0.0387. The van der Waals surface area contributed by atoms with Crippen LogP contribution < -0.4 is 14.2 Å². The maximum atomic E-state index is 13.5. The molecule has 0 saturated carbocycles. The molecule has 0 bridgehead atoms. The number of ether oxygens (including phenoxy) is 2. The van der Waals surface area contributed by atoms with Crippen molar-refractivity contribution in [3.05, 3.63) is 48.0 Å². The minimum absolute atomic E-state index is 0.0100. The number of hydrogen-bond acceptors (Lipinski definition) is 8. The highest BCUT2D eigenvalue weighted by Crippen LogP contribution is 2.31. The molecule has 0 aliphatic carbocycles. The van der Waals surface area contributed by atoms with Crippen LogP contribution in [-0.4, -0.2) is 89.3 Å². The molecule has 11 nitrogen and oxygen atoms in total. The molecule has 2 aromatic carbocycles. The summed E-state index contributed by atoms with van der Waals surface area (Å²) in [7, 11) is -4.53. The second kappa shape index (κ2) is 11.3. The summed E-state index contributed by atoms with van der Waals surface area (Å²) in [5.41, 5.74) is 0.232. The van der Waals surface area contributed by atoms with Gasteiger partial charge in [0.25, 0.3) is 15.9 Å². The average molecular weight is 556 g/mol. The number of amides is 1. The van der Waals surface area contributed by atoms with Gasteiger partial charge in [0.15, 0.2) is 0 Å². The van der Waals surface area contributed by atoms with Gasteiger partial charge in [-0.05, 0) is 49.4 Å². The van der Waals surface area contributed by atoms with E-state index in [1.165, 1.54) is 65.8 Å². The molecular weight excluding hydrogens is 522 g/mol. The molecule has 0 aromatic heterocycles. The molecule has 0 radical (unpaired) electrons. The van der Waals surface area contributed by atoms with Gasteiger partial charge in [-0.25, -0.2) is 21.1 Å². The molecule has 1 aliphatic rings. The largest absolute Gasteiger partial charge is 0.497 e.